The summed E-state index contributed by atoms with van der Waals surface area (Å²) in [6.07, 6.45) is 7.23. The number of hydrogen-bond donors (Lipinski definition) is 1. The van der Waals surface area contributed by atoms with Gasteiger partial charge in [-0.25, -0.2) is 4.39 Å². The topological polar surface area (TPSA) is 42.0 Å². The van der Waals surface area contributed by atoms with Gasteiger partial charge in [0.2, 0.25) is 0 Å². The zero-order valence-corrected chi connectivity index (χ0v) is 6.75. The largest absolute Gasteiger partial charge is 0.341 e. The highest BCUT2D eigenvalue weighted by molar-refractivity contribution is 5.93. The van der Waals surface area contributed by atoms with E-state index in [2.05, 4.69) is 16.2 Å². The van der Waals surface area contributed by atoms with Crippen LogP contribution in [-0.4, -0.2) is 17.4 Å². The summed E-state index contributed by atoms with van der Waals surface area (Å²) in [4.78, 5) is 14.7. The Kier molecular flexibility index (Phi) is 2.98. The Morgan fingerprint density at radius 1 is 1.69 bits per heavy atom. The van der Waals surface area contributed by atoms with Crippen molar-refractivity contribution in [1.82, 2.24) is 10.3 Å². The highest BCUT2D eigenvalue weighted by Gasteiger charge is 2.04. The fraction of sp³-hybridized carbons (Fsp3) is 0.111. The van der Waals surface area contributed by atoms with Crippen LogP contribution in [0.25, 0.3) is 0 Å². The highest BCUT2D eigenvalue weighted by Crippen LogP contribution is 1.99. The van der Waals surface area contributed by atoms with Crippen LogP contribution in [-0.2, 0) is 0 Å². The number of halogens is 1. The van der Waals surface area contributed by atoms with Crippen molar-refractivity contribution in [1.29, 1.82) is 0 Å². The minimum atomic E-state index is -0.548. The summed E-state index contributed by atoms with van der Waals surface area (Å²) < 4.78 is 12.6. The molecule has 1 aromatic heterocycles. The summed E-state index contributed by atoms with van der Waals surface area (Å²) in [5.41, 5.74) is 0.162. The van der Waals surface area contributed by atoms with Gasteiger partial charge in [-0.2, -0.15) is 0 Å². The Balaban J connectivity index is 2.72. The number of carbonyl (C=O) groups excluding carboxylic acids is 1. The second-order valence-corrected chi connectivity index (χ2v) is 2.28. The number of pyridine rings is 1. The molecule has 4 heteroatoms. The first-order valence-corrected chi connectivity index (χ1v) is 3.56. The van der Waals surface area contributed by atoms with E-state index in [1.54, 1.807) is 0 Å². The lowest BCUT2D eigenvalue weighted by Crippen LogP contribution is -2.23. The van der Waals surface area contributed by atoms with Crippen LogP contribution in [0.15, 0.2) is 18.5 Å². The first-order chi connectivity index (χ1) is 6.24. The molecule has 0 aliphatic rings. The fourth-order valence-electron chi connectivity index (χ4n) is 0.769. The number of terminal acetylenes is 1. The second-order valence-electron chi connectivity index (χ2n) is 2.28. The third kappa shape index (κ3) is 2.56. The third-order valence-corrected chi connectivity index (χ3v) is 1.32. The first kappa shape index (κ1) is 9.20. The fourth-order valence-corrected chi connectivity index (χ4v) is 0.769. The van der Waals surface area contributed by atoms with E-state index in [9.17, 15) is 9.18 Å². The van der Waals surface area contributed by atoms with Gasteiger partial charge in [-0.05, 0) is 6.07 Å². The van der Waals surface area contributed by atoms with Gasteiger partial charge in [0.1, 0.15) is 5.82 Å². The zero-order valence-electron chi connectivity index (χ0n) is 6.75. The molecule has 1 N–H and O–H groups in total. The SMILES string of the molecule is C#CCNC(=O)c1cncc(F)c1. The smallest absolute Gasteiger partial charge is 0.253 e. The number of nitrogens with one attached hydrogen (secondary N) is 1. The Bertz CT molecular complexity index is 357. The van der Waals surface area contributed by atoms with Crippen molar-refractivity contribution in [2.24, 2.45) is 0 Å². The Labute approximate surface area is 75.0 Å². The minimum absolute atomic E-state index is 0.120. The molecule has 0 saturated heterocycles. The van der Waals surface area contributed by atoms with Crippen LogP contribution in [0.5, 0.6) is 0 Å². The van der Waals surface area contributed by atoms with Crippen molar-refractivity contribution >= 4 is 5.91 Å². The summed E-state index contributed by atoms with van der Waals surface area (Å²) >= 11 is 0. The highest BCUT2D eigenvalue weighted by atomic mass is 19.1. The van der Waals surface area contributed by atoms with E-state index < -0.39 is 11.7 Å². The van der Waals surface area contributed by atoms with Gasteiger partial charge in [0, 0.05) is 6.20 Å². The molecular weight excluding hydrogens is 171 g/mol. The minimum Gasteiger partial charge on any atom is -0.341 e. The molecular formula is C9H7FN2O. The summed E-state index contributed by atoms with van der Waals surface area (Å²) in [7, 11) is 0. The molecule has 0 unspecified atom stereocenters. The molecule has 1 aromatic rings. The van der Waals surface area contributed by atoms with Gasteiger partial charge >= 0.3 is 0 Å². The molecule has 1 amide bonds. The van der Waals surface area contributed by atoms with Gasteiger partial charge < -0.3 is 5.32 Å². The normalized spacial score (nSPS) is 8.92. The number of nitrogens with zero attached hydrogens (tertiary/aromatic N) is 1. The number of rotatable bonds is 2. The molecule has 0 fully saturated rings. The molecule has 1 rings (SSSR count). The molecule has 0 aliphatic carbocycles. The average Bonchev–Trinajstić information content (AvgIpc) is 2.14. The van der Waals surface area contributed by atoms with E-state index in [-0.39, 0.29) is 12.1 Å². The predicted octanol–water partition coefficient (Wildman–Crippen LogP) is 0.584. The van der Waals surface area contributed by atoms with Crippen molar-refractivity contribution < 1.29 is 9.18 Å². The molecule has 0 aromatic carbocycles. The lowest BCUT2D eigenvalue weighted by atomic mass is 10.2. The summed E-state index contributed by atoms with van der Waals surface area (Å²) in [6.45, 7) is 0.120. The number of hydrogen-bond acceptors (Lipinski definition) is 2. The maximum Gasteiger partial charge on any atom is 0.253 e. The number of aromatic nitrogens is 1. The van der Waals surface area contributed by atoms with Crippen LogP contribution in [0.3, 0.4) is 0 Å². The molecule has 0 bridgehead atoms. The van der Waals surface area contributed by atoms with Crippen LogP contribution >= 0.6 is 0 Å². The van der Waals surface area contributed by atoms with Gasteiger partial charge in [0.15, 0.2) is 0 Å². The lowest BCUT2D eigenvalue weighted by molar-refractivity contribution is 0.0958. The standard InChI is InChI=1S/C9H7FN2O/c1-2-3-12-9(13)7-4-8(10)6-11-5-7/h1,4-6H,3H2,(H,12,13). The predicted molar refractivity (Wildman–Crippen MR) is 45.4 cm³/mol. The molecule has 0 spiro atoms. The van der Waals surface area contributed by atoms with E-state index in [0.717, 1.165) is 12.3 Å². The van der Waals surface area contributed by atoms with Crippen LogP contribution < -0.4 is 5.32 Å². The first-order valence-electron chi connectivity index (χ1n) is 3.56. The van der Waals surface area contributed by atoms with E-state index in [1.165, 1.54) is 6.20 Å². The van der Waals surface area contributed by atoms with Crippen LogP contribution in [0.2, 0.25) is 0 Å². The van der Waals surface area contributed by atoms with Gasteiger partial charge in [0.05, 0.1) is 18.3 Å². The van der Waals surface area contributed by atoms with Crippen molar-refractivity contribution in [2.45, 2.75) is 0 Å². The van der Waals surface area contributed by atoms with E-state index >= 15 is 0 Å². The zero-order chi connectivity index (χ0) is 9.68. The van der Waals surface area contributed by atoms with Gasteiger partial charge in [-0.1, -0.05) is 5.92 Å². The quantitative estimate of drug-likeness (QED) is 0.673. The number of carbonyl (C=O) groups is 1. The van der Waals surface area contributed by atoms with Crippen molar-refractivity contribution in [3.63, 3.8) is 0 Å². The molecule has 0 atom stereocenters. The lowest BCUT2D eigenvalue weighted by Gasteiger charge is -1.99. The van der Waals surface area contributed by atoms with Gasteiger partial charge in [0.25, 0.3) is 5.91 Å². The second kappa shape index (κ2) is 4.21. The van der Waals surface area contributed by atoms with Gasteiger partial charge in [-0.15, -0.1) is 6.42 Å². The van der Waals surface area contributed by atoms with Crippen LogP contribution in [0.4, 0.5) is 4.39 Å². The van der Waals surface area contributed by atoms with E-state index in [1.807, 2.05) is 0 Å². The maximum atomic E-state index is 12.6. The Morgan fingerprint density at radius 2 is 2.46 bits per heavy atom. The monoisotopic (exact) mass is 178 g/mol. The Morgan fingerprint density at radius 3 is 3.08 bits per heavy atom. The average molecular weight is 178 g/mol. The van der Waals surface area contributed by atoms with E-state index in [4.69, 9.17) is 6.42 Å². The molecule has 66 valence electrons. The molecule has 1 heterocycles. The molecule has 0 saturated carbocycles. The summed E-state index contributed by atoms with van der Waals surface area (Å²) in [5, 5.41) is 2.39. The van der Waals surface area contributed by atoms with Crippen LogP contribution in [0.1, 0.15) is 10.4 Å². The van der Waals surface area contributed by atoms with Crippen molar-refractivity contribution in [3.05, 3.63) is 29.8 Å². The molecule has 0 radical (unpaired) electrons. The number of amides is 1. The summed E-state index contributed by atoms with van der Waals surface area (Å²) in [6, 6.07) is 1.10. The maximum absolute atomic E-state index is 12.6. The van der Waals surface area contributed by atoms with Crippen LogP contribution in [0, 0.1) is 18.2 Å². The van der Waals surface area contributed by atoms with Crippen molar-refractivity contribution in [2.75, 3.05) is 6.54 Å². The molecule has 13 heavy (non-hydrogen) atoms. The van der Waals surface area contributed by atoms with Gasteiger partial charge in [-0.3, -0.25) is 9.78 Å². The molecule has 0 aliphatic heterocycles. The summed E-state index contributed by atoms with van der Waals surface area (Å²) in [5.74, 6) is 1.26. The third-order valence-electron chi connectivity index (χ3n) is 1.32. The Hall–Kier alpha value is -1.89. The van der Waals surface area contributed by atoms with Crippen molar-refractivity contribution in [3.8, 4) is 12.3 Å². The van der Waals surface area contributed by atoms with E-state index in [0.29, 0.717) is 0 Å². The molecule has 3 nitrogen and oxygen atoms in total.